The van der Waals surface area contributed by atoms with Crippen LogP contribution < -0.4 is 0 Å². The van der Waals surface area contributed by atoms with Crippen LogP contribution >= 0.6 is 0 Å². The molecule has 0 aromatic carbocycles. The lowest BCUT2D eigenvalue weighted by Crippen LogP contribution is -2.10. The first-order valence-corrected chi connectivity index (χ1v) is 4.40. The molecule has 16 heavy (non-hydrogen) atoms. The number of halogens is 3. The molecule has 0 spiro atoms. The molecule has 2 aromatic rings. The van der Waals surface area contributed by atoms with Gasteiger partial charge in [0.1, 0.15) is 0 Å². The third-order valence-corrected chi connectivity index (χ3v) is 1.90. The highest BCUT2D eigenvalue weighted by Gasteiger charge is 2.32. The maximum Gasteiger partial charge on any atom is 0.435 e. The third-order valence-electron chi connectivity index (χ3n) is 1.90. The van der Waals surface area contributed by atoms with Crippen LogP contribution in [0.1, 0.15) is 11.4 Å². The van der Waals surface area contributed by atoms with Gasteiger partial charge in [-0.1, -0.05) is 0 Å². The smallest absolute Gasteiger partial charge is 0.221 e. The van der Waals surface area contributed by atoms with Gasteiger partial charge in [0.15, 0.2) is 11.5 Å². The number of rotatable bonds is 1. The summed E-state index contributed by atoms with van der Waals surface area (Å²) in [5, 5.41) is 10.6. The lowest BCUT2D eigenvalue weighted by molar-refractivity contribution is -0.141. The number of alkyl halides is 3. The first kappa shape index (κ1) is 10.6. The zero-order valence-electron chi connectivity index (χ0n) is 8.23. The SMILES string of the molecule is Cc1ccn(-c2ccc(C(F)(F)F)nn2)n1. The van der Waals surface area contributed by atoms with Gasteiger partial charge in [-0.2, -0.15) is 18.3 Å². The van der Waals surface area contributed by atoms with E-state index in [1.54, 1.807) is 19.2 Å². The van der Waals surface area contributed by atoms with Crippen molar-refractivity contribution < 1.29 is 13.2 Å². The van der Waals surface area contributed by atoms with Crippen LogP contribution in [0.25, 0.3) is 5.82 Å². The molecule has 0 aliphatic carbocycles. The Labute approximate surface area is 88.7 Å². The third kappa shape index (κ3) is 2.02. The van der Waals surface area contributed by atoms with Gasteiger partial charge in [0, 0.05) is 6.20 Å². The van der Waals surface area contributed by atoms with E-state index in [4.69, 9.17) is 0 Å². The van der Waals surface area contributed by atoms with Gasteiger partial charge in [0.2, 0.25) is 0 Å². The monoisotopic (exact) mass is 228 g/mol. The van der Waals surface area contributed by atoms with Crippen LogP contribution in [-0.4, -0.2) is 20.0 Å². The van der Waals surface area contributed by atoms with Crippen molar-refractivity contribution in [2.45, 2.75) is 13.1 Å². The van der Waals surface area contributed by atoms with E-state index in [0.29, 0.717) is 0 Å². The Morgan fingerprint density at radius 2 is 1.88 bits per heavy atom. The first-order chi connectivity index (χ1) is 7.47. The lowest BCUT2D eigenvalue weighted by Gasteiger charge is -2.04. The van der Waals surface area contributed by atoms with Crippen molar-refractivity contribution in [2.75, 3.05) is 0 Å². The maximum absolute atomic E-state index is 12.2. The zero-order valence-corrected chi connectivity index (χ0v) is 8.23. The minimum Gasteiger partial charge on any atom is -0.221 e. The summed E-state index contributed by atoms with van der Waals surface area (Å²) < 4.78 is 38.0. The molecule has 4 nitrogen and oxygen atoms in total. The van der Waals surface area contributed by atoms with Crippen LogP contribution in [0.4, 0.5) is 13.2 Å². The summed E-state index contributed by atoms with van der Waals surface area (Å²) in [6.45, 7) is 1.77. The predicted octanol–water partition coefficient (Wildman–Crippen LogP) is 1.99. The summed E-state index contributed by atoms with van der Waals surface area (Å²) >= 11 is 0. The Kier molecular flexibility index (Phi) is 2.37. The molecule has 0 N–H and O–H groups in total. The molecule has 84 valence electrons. The van der Waals surface area contributed by atoms with Gasteiger partial charge in [-0.3, -0.25) is 0 Å². The van der Waals surface area contributed by atoms with E-state index < -0.39 is 11.9 Å². The van der Waals surface area contributed by atoms with E-state index >= 15 is 0 Å². The van der Waals surface area contributed by atoms with Crippen molar-refractivity contribution in [2.24, 2.45) is 0 Å². The van der Waals surface area contributed by atoms with Gasteiger partial charge >= 0.3 is 6.18 Å². The van der Waals surface area contributed by atoms with E-state index in [2.05, 4.69) is 15.3 Å². The van der Waals surface area contributed by atoms with E-state index in [9.17, 15) is 13.2 Å². The molecule has 2 rings (SSSR count). The maximum atomic E-state index is 12.2. The van der Waals surface area contributed by atoms with Crippen molar-refractivity contribution in [3.63, 3.8) is 0 Å². The molecular weight excluding hydrogens is 221 g/mol. The van der Waals surface area contributed by atoms with Crippen molar-refractivity contribution in [1.29, 1.82) is 0 Å². The summed E-state index contributed by atoms with van der Waals surface area (Å²) in [4.78, 5) is 0. The number of hydrogen-bond donors (Lipinski definition) is 0. The summed E-state index contributed by atoms with van der Waals surface area (Å²) in [6.07, 6.45) is -2.86. The number of aromatic nitrogens is 4. The number of aryl methyl sites for hydroxylation is 1. The van der Waals surface area contributed by atoms with Crippen LogP contribution in [0, 0.1) is 6.92 Å². The van der Waals surface area contributed by atoms with E-state index in [1.165, 1.54) is 10.7 Å². The minimum absolute atomic E-state index is 0.251. The summed E-state index contributed by atoms with van der Waals surface area (Å²) in [5.74, 6) is 0.251. The second-order valence-corrected chi connectivity index (χ2v) is 3.18. The van der Waals surface area contributed by atoms with Gasteiger partial charge in [-0.25, -0.2) is 4.68 Å². The Morgan fingerprint density at radius 3 is 2.31 bits per heavy atom. The largest absolute Gasteiger partial charge is 0.435 e. The highest BCUT2D eigenvalue weighted by molar-refractivity contribution is 5.22. The van der Waals surface area contributed by atoms with Crippen LogP contribution in [-0.2, 0) is 6.18 Å². The van der Waals surface area contributed by atoms with E-state index in [1.807, 2.05) is 0 Å². The molecule has 2 aromatic heterocycles. The summed E-state index contributed by atoms with van der Waals surface area (Å²) in [7, 11) is 0. The van der Waals surface area contributed by atoms with Crippen molar-refractivity contribution in [3.8, 4) is 5.82 Å². The molecule has 0 fully saturated rings. The fourth-order valence-electron chi connectivity index (χ4n) is 1.14. The molecular formula is C9H7F3N4. The standard InChI is InChI=1S/C9H7F3N4/c1-6-4-5-16(15-6)8-3-2-7(13-14-8)9(10,11)12/h2-5H,1H3. The molecule has 0 unspecified atom stereocenters. The van der Waals surface area contributed by atoms with Gasteiger partial charge < -0.3 is 0 Å². The van der Waals surface area contributed by atoms with Crippen LogP contribution in [0.2, 0.25) is 0 Å². The van der Waals surface area contributed by atoms with Crippen molar-refractivity contribution in [1.82, 2.24) is 20.0 Å². The normalized spacial score (nSPS) is 11.8. The molecule has 0 aliphatic heterocycles. The van der Waals surface area contributed by atoms with Gasteiger partial charge in [0.25, 0.3) is 0 Å². The molecule has 2 heterocycles. The Morgan fingerprint density at radius 1 is 1.12 bits per heavy atom. The second kappa shape index (κ2) is 3.58. The molecule has 0 atom stereocenters. The van der Waals surface area contributed by atoms with E-state index in [0.717, 1.165) is 11.8 Å². The van der Waals surface area contributed by atoms with E-state index in [-0.39, 0.29) is 5.82 Å². The molecule has 0 saturated carbocycles. The second-order valence-electron chi connectivity index (χ2n) is 3.18. The van der Waals surface area contributed by atoms with Gasteiger partial charge in [-0.15, -0.1) is 10.2 Å². The van der Waals surface area contributed by atoms with Crippen LogP contribution in [0.5, 0.6) is 0 Å². The summed E-state index contributed by atoms with van der Waals surface area (Å²) in [5.41, 5.74) is -0.262. The van der Waals surface area contributed by atoms with Crippen LogP contribution in [0.15, 0.2) is 24.4 Å². The van der Waals surface area contributed by atoms with Gasteiger partial charge in [-0.05, 0) is 25.1 Å². The average molecular weight is 228 g/mol. The Hall–Kier alpha value is -1.92. The highest BCUT2D eigenvalue weighted by Crippen LogP contribution is 2.26. The van der Waals surface area contributed by atoms with Crippen molar-refractivity contribution >= 4 is 0 Å². The van der Waals surface area contributed by atoms with Crippen LogP contribution in [0.3, 0.4) is 0 Å². The molecule has 7 heteroatoms. The Balaban J connectivity index is 2.33. The number of nitrogens with zero attached hydrogens (tertiary/aromatic N) is 4. The number of hydrogen-bond acceptors (Lipinski definition) is 3. The lowest BCUT2D eigenvalue weighted by atomic mass is 10.4. The zero-order chi connectivity index (χ0) is 11.8. The average Bonchev–Trinajstić information content (AvgIpc) is 2.64. The summed E-state index contributed by atoms with van der Waals surface area (Å²) in [6, 6.07) is 3.82. The quantitative estimate of drug-likeness (QED) is 0.749. The fourth-order valence-corrected chi connectivity index (χ4v) is 1.14. The minimum atomic E-state index is -4.47. The predicted molar refractivity (Wildman–Crippen MR) is 48.9 cm³/mol. The molecule has 0 radical (unpaired) electrons. The highest BCUT2D eigenvalue weighted by atomic mass is 19.4. The molecule has 0 amide bonds. The fraction of sp³-hybridized carbons (Fsp3) is 0.222. The van der Waals surface area contributed by atoms with Gasteiger partial charge in [0.05, 0.1) is 5.69 Å². The first-order valence-electron chi connectivity index (χ1n) is 4.40. The molecule has 0 saturated heterocycles. The Bertz CT molecular complexity index is 486. The van der Waals surface area contributed by atoms with Crippen molar-refractivity contribution in [3.05, 3.63) is 35.8 Å². The molecule has 0 aliphatic rings. The topological polar surface area (TPSA) is 43.6 Å². The molecule has 0 bridgehead atoms.